The highest BCUT2D eigenvalue weighted by atomic mass is 16.5. The van der Waals surface area contributed by atoms with E-state index in [0.717, 1.165) is 15.4 Å². The number of allylic oxidation sites excluding steroid dienone is 2. The van der Waals surface area contributed by atoms with Crippen LogP contribution in [-0.2, 0) is 19.8 Å². The van der Waals surface area contributed by atoms with Crippen LogP contribution in [0.3, 0.4) is 0 Å². The zero-order valence-corrected chi connectivity index (χ0v) is 21.7. The van der Waals surface area contributed by atoms with Crippen LogP contribution in [0.2, 0.25) is 0 Å². The Bertz CT molecular complexity index is 1270. The summed E-state index contributed by atoms with van der Waals surface area (Å²) in [5, 5.41) is 35.2. The van der Waals surface area contributed by atoms with Gasteiger partial charge in [0.2, 0.25) is 17.4 Å². The van der Waals surface area contributed by atoms with Gasteiger partial charge < -0.3 is 29.9 Å². The van der Waals surface area contributed by atoms with Crippen molar-refractivity contribution in [3.05, 3.63) is 47.1 Å². The fourth-order valence-electron chi connectivity index (χ4n) is 6.40. The number of benzene rings is 1. The summed E-state index contributed by atoms with van der Waals surface area (Å²) >= 11 is 0. The lowest BCUT2D eigenvalue weighted by atomic mass is 9.71. The van der Waals surface area contributed by atoms with E-state index in [2.05, 4.69) is 0 Å². The van der Waals surface area contributed by atoms with Gasteiger partial charge in [-0.15, -0.1) is 0 Å². The van der Waals surface area contributed by atoms with Gasteiger partial charge in [-0.05, 0) is 45.7 Å². The first-order valence-electron chi connectivity index (χ1n) is 12.4. The molecule has 0 radical (unpaired) electrons. The first-order valence-corrected chi connectivity index (χ1v) is 12.4. The maximum Gasteiger partial charge on any atom is 0.281 e. The average Bonchev–Trinajstić information content (AvgIpc) is 3.42. The van der Waals surface area contributed by atoms with E-state index in [1.165, 1.54) is 12.0 Å². The smallest absolute Gasteiger partial charge is 0.281 e. The molecule has 0 aromatic heterocycles. The maximum atomic E-state index is 14.5. The third-order valence-electron chi connectivity index (χ3n) is 8.11. The number of nitrogens with zero attached hydrogens (tertiary/aromatic N) is 3. The Morgan fingerprint density at radius 2 is 1.78 bits per heavy atom. The number of fused-ring (bicyclic) bond motifs is 4. The van der Waals surface area contributed by atoms with Gasteiger partial charge in [0.15, 0.2) is 0 Å². The molecule has 37 heavy (non-hydrogen) atoms. The number of carbonyl (C=O) groups is 3. The second-order valence-electron chi connectivity index (χ2n) is 10.8. The van der Waals surface area contributed by atoms with E-state index in [1.807, 2.05) is 19.9 Å². The normalized spacial score (nSPS) is 34.1. The predicted octanol–water partition coefficient (Wildman–Crippen LogP) is 0.797. The third kappa shape index (κ3) is 3.00. The first-order chi connectivity index (χ1) is 17.4. The molecule has 10 nitrogen and oxygen atoms in total. The number of rotatable bonds is 4. The molecule has 5 rings (SSSR count). The Morgan fingerprint density at radius 3 is 2.41 bits per heavy atom. The molecule has 3 N–H and O–H groups in total. The molecule has 198 valence electrons. The van der Waals surface area contributed by atoms with Crippen LogP contribution in [-0.4, -0.2) is 86.6 Å². The Kier molecular flexibility index (Phi) is 5.60. The average molecular weight is 512 g/mol. The molecular weight excluding hydrogens is 478 g/mol. The number of carbonyl (C=O) groups excluding carboxylic acids is 3. The fraction of sp³-hybridized carbons (Fsp3) is 0.519. The highest BCUT2D eigenvalue weighted by Crippen LogP contribution is 2.59. The van der Waals surface area contributed by atoms with Crippen molar-refractivity contribution in [1.82, 2.24) is 9.80 Å². The largest absolute Gasteiger partial charge is 0.497 e. The van der Waals surface area contributed by atoms with Gasteiger partial charge in [0.25, 0.3) is 11.8 Å². The summed E-state index contributed by atoms with van der Waals surface area (Å²) < 4.78 is 5.39. The predicted molar refractivity (Wildman–Crippen MR) is 133 cm³/mol. The molecule has 0 saturated carbocycles. The number of amides is 3. The van der Waals surface area contributed by atoms with Gasteiger partial charge in [-0.2, -0.15) is 0 Å². The standard InChI is InChI=1S/C27H33N3O7/c1-15(2)9-12-28-19-14-17(37-5)7-8-18(19)26(23(28)33)20(13-16(3)4)30-22(32)25(35)10-6-11-29(25)24(34)27(30,36)21(26)31/h7-9,13-14,20-21,31,35-36H,6,10-12H2,1-5H3. The second-order valence-corrected chi connectivity index (χ2v) is 10.8. The lowest BCUT2D eigenvalue weighted by molar-refractivity contribution is -0.234. The molecular formula is C27H33N3O7. The van der Waals surface area contributed by atoms with Crippen LogP contribution in [0.15, 0.2) is 41.5 Å². The minimum atomic E-state index is -2.75. The van der Waals surface area contributed by atoms with Crippen LogP contribution in [0.25, 0.3) is 0 Å². The zero-order chi connectivity index (χ0) is 27.1. The lowest BCUT2D eigenvalue weighted by Gasteiger charge is -2.49. The van der Waals surface area contributed by atoms with Crippen molar-refractivity contribution in [3.8, 4) is 5.75 Å². The Labute approximate surface area is 215 Å². The van der Waals surface area contributed by atoms with E-state index in [9.17, 15) is 29.7 Å². The molecule has 3 saturated heterocycles. The van der Waals surface area contributed by atoms with Gasteiger partial charge in [-0.1, -0.05) is 29.4 Å². The summed E-state index contributed by atoms with van der Waals surface area (Å²) in [7, 11) is 1.50. The number of ether oxygens (including phenoxy) is 1. The van der Waals surface area contributed by atoms with Crippen LogP contribution in [0, 0.1) is 0 Å². The third-order valence-corrected chi connectivity index (χ3v) is 8.11. The number of hydrogen-bond acceptors (Lipinski definition) is 7. The van der Waals surface area contributed by atoms with Gasteiger partial charge >= 0.3 is 0 Å². The summed E-state index contributed by atoms with van der Waals surface area (Å²) in [6, 6.07) is 3.71. The quantitative estimate of drug-likeness (QED) is 0.510. The van der Waals surface area contributed by atoms with Crippen molar-refractivity contribution >= 4 is 23.4 Å². The molecule has 1 aromatic rings. The molecule has 4 heterocycles. The number of aliphatic hydroxyl groups is 3. The van der Waals surface area contributed by atoms with E-state index in [0.29, 0.717) is 29.0 Å². The van der Waals surface area contributed by atoms with E-state index in [4.69, 9.17) is 4.74 Å². The maximum absolute atomic E-state index is 14.5. The topological polar surface area (TPSA) is 131 Å². The molecule has 0 aliphatic carbocycles. The van der Waals surface area contributed by atoms with E-state index >= 15 is 0 Å². The fourth-order valence-corrected chi connectivity index (χ4v) is 6.40. The minimum absolute atomic E-state index is 0.00319. The summed E-state index contributed by atoms with van der Waals surface area (Å²) in [4.78, 5) is 45.3. The summed E-state index contributed by atoms with van der Waals surface area (Å²) in [6.45, 7) is 7.55. The van der Waals surface area contributed by atoms with Gasteiger partial charge in [-0.3, -0.25) is 19.3 Å². The van der Waals surface area contributed by atoms with Crippen molar-refractivity contribution in [2.75, 3.05) is 25.1 Å². The van der Waals surface area contributed by atoms with Crippen molar-refractivity contribution in [2.24, 2.45) is 0 Å². The van der Waals surface area contributed by atoms with Gasteiger partial charge in [0.05, 0.1) is 18.8 Å². The van der Waals surface area contributed by atoms with Crippen LogP contribution in [0.5, 0.6) is 5.75 Å². The number of methoxy groups -OCH3 is 1. The molecule has 3 fully saturated rings. The van der Waals surface area contributed by atoms with Crippen LogP contribution >= 0.6 is 0 Å². The Hall–Kier alpha value is -3.21. The number of anilines is 1. The van der Waals surface area contributed by atoms with Crippen molar-refractivity contribution in [1.29, 1.82) is 0 Å². The molecule has 4 aliphatic rings. The Balaban J connectivity index is 1.81. The van der Waals surface area contributed by atoms with Crippen LogP contribution in [0.1, 0.15) is 46.1 Å². The first kappa shape index (κ1) is 25.4. The number of hydrogen-bond donors (Lipinski definition) is 3. The van der Waals surface area contributed by atoms with Crippen molar-refractivity contribution < 1.29 is 34.4 Å². The molecule has 5 atom stereocenters. The summed E-state index contributed by atoms with van der Waals surface area (Å²) in [5.74, 6) is -1.97. The van der Waals surface area contributed by atoms with Crippen LogP contribution < -0.4 is 9.64 Å². The van der Waals surface area contributed by atoms with Gasteiger partial charge in [0.1, 0.15) is 17.3 Å². The van der Waals surface area contributed by atoms with Gasteiger partial charge in [0, 0.05) is 25.6 Å². The van der Waals surface area contributed by atoms with E-state index in [-0.39, 0.29) is 19.5 Å². The lowest BCUT2D eigenvalue weighted by Crippen LogP contribution is -2.76. The molecule has 1 spiro atoms. The van der Waals surface area contributed by atoms with Crippen molar-refractivity contribution in [3.63, 3.8) is 0 Å². The SMILES string of the molecule is COc1ccc2c(c1)N(CC=C(C)C)C(=O)C21C(C=C(C)C)N2C(=O)C3(O)CCCN3C(=O)C2(O)C1O. The minimum Gasteiger partial charge on any atom is -0.497 e. The van der Waals surface area contributed by atoms with Gasteiger partial charge in [-0.25, -0.2) is 0 Å². The van der Waals surface area contributed by atoms with E-state index in [1.54, 1.807) is 38.1 Å². The molecule has 3 amide bonds. The number of piperazine rings is 1. The monoisotopic (exact) mass is 511 g/mol. The van der Waals surface area contributed by atoms with Crippen LogP contribution in [0.4, 0.5) is 5.69 Å². The molecule has 4 aliphatic heterocycles. The summed E-state index contributed by atoms with van der Waals surface area (Å²) in [5.41, 5.74) is -4.30. The molecule has 5 unspecified atom stereocenters. The summed E-state index contributed by atoms with van der Waals surface area (Å²) in [6.07, 6.45) is 1.83. The second kappa shape index (κ2) is 8.14. The highest BCUT2D eigenvalue weighted by molar-refractivity contribution is 6.13. The van der Waals surface area contributed by atoms with Crippen molar-refractivity contribution in [2.45, 2.75) is 69.5 Å². The molecule has 1 aromatic carbocycles. The molecule has 10 heteroatoms. The molecule has 0 bridgehead atoms. The number of aliphatic hydroxyl groups excluding tert-OH is 1. The Morgan fingerprint density at radius 1 is 1.08 bits per heavy atom. The zero-order valence-electron chi connectivity index (χ0n) is 21.7. The highest BCUT2D eigenvalue weighted by Gasteiger charge is 2.81. The van der Waals surface area contributed by atoms with E-state index < -0.39 is 46.7 Å².